The average Bonchev–Trinajstić information content (AvgIpc) is 2.59. The Morgan fingerprint density at radius 3 is 2.65 bits per heavy atom. The second-order valence-electron chi connectivity index (χ2n) is 5.25. The zero-order chi connectivity index (χ0) is 16.1. The van der Waals surface area contributed by atoms with E-state index in [0.29, 0.717) is 17.5 Å². The van der Waals surface area contributed by atoms with E-state index in [2.05, 4.69) is 10.3 Å². The minimum atomic E-state index is -0.827. The summed E-state index contributed by atoms with van der Waals surface area (Å²) in [5.74, 6) is 0. The molecule has 0 bridgehead atoms. The minimum absolute atomic E-state index is 0.0471. The molecule has 0 spiro atoms. The quantitative estimate of drug-likeness (QED) is 0.744. The lowest BCUT2D eigenvalue weighted by Gasteiger charge is -2.12. The molecule has 1 N–H and O–H groups in total. The summed E-state index contributed by atoms with van der Waals surface area (Å²) in [7, 11) is 0. The SMILES string of the molecule is O=c1c2ccccc2nnn1CC(O)COCc1ccccc1. The normalized spacial score (nSPS) is 12.4. The molecule has 0 amide bonds. The number of aromatic nitrogens is 3. The Balaban J connectivity index is 1.60. The molecular formula is C17H17N3O3. The van der Waals surface area contributed by atoms with Crippen LogP contribution in [0.1, 0.15) is 5.56 Å². The molecule has 0 fully saturated rings. The van der Waals surface area contributed by atoms with Crippen molar-refractivity contribution in [1.82, 2.24) is 15.0 Å². The van der Waals surface area contributed by atoms with Gasteiger partial charge in [0, 0.05) is 0 Å². The van der Waals surface area contributed by atoms with Crippen molar-refractivity contribution in [3.63, 3.8) is 0 Å². The topological polar surface area (TPSA) is 77.2 Å². The Kier molecular flexibility index (Phi) is 4.75. The molecule has 1 aromatic heterocycles. The summed E-state index contributed by atoms with van der Waals surface area (Å²) in [5, 5.41) is 18.3. The molecule has 118 valence electrons. The number of hydrogen-bond donors (Lipinski definition) is 1. The Labute approximate surface area is 133 Å². The van der Waals surface area contributed by atoms with Crippen molar-refractivity contribution in [3.05, 3.63) is 70.5 Å². The number of ether oxygens (including phenoxy) is 1. The third-order valence-electron chi connectivity index (χ3n) is 3.43. The van der Waals surface area contributed by atoms with Crippen LogP contribution in [0.25, 0.3) is 10.9 Å². The van der Waals surface area contributed by atoms with Crippen LogP contribution < -0.4 is 5.56 Å². The third-order valence-corrected chi connectivity index (χ3v) is 3.43. The number of nitrogens with zero attached hydrogens (tertiary/aromatic N) is 3. The van der Waals surface area contributed by atoms with Crippen LogP contribution in [0.4, 0.5) is 0 Å². The van der Waals surface area contributed by atoms with Crippen LogP contribution in [0.15, 0.2) is 59.4 Å². The number of aliphatic hydroxyl groups excluding tert-OH is 1. The Morgan fingerprint density at radius 1 is 1.09 bits per heavy atom. The van der Waals surface area contributed by atoms with Crippen LogP contribution in [-0.4, -0.2) is 32.8 Å². The molecule has 0 saturated carbocycles. The fourth-order valence-electron chi connectivity index (χ4n) is 2.28. The van der Waals surface area contributed by atoms with Crippen LogP contribution >= 0.6 is 0 Å². The van der Waals surface area contributed by atoms with Gasteiger partial charge in [0.2, 0.25) is 0 Å². The zero-order valence-corrected chi connectivity index (χ0v) is 12.5. The van der Waals surface area contributed by atoms with Gasteiger partial charge >= 0.3 is 0 Å². The highest BCUT2D eigenvalue weighted by Crippen LogP contribution is 2.04. The van der Waals surface area contributed by atoms with Gasteiger partial charge in [-0.05, 0) is 17.7 Å². The summed E-state index contributed by atoms with van der Waals surface area (Å²) in [6.07, 6.45) is -0.827. The van der Waals surface area contributed by atoms with E-state index in [1.54, 1.807) is 24.3 Å². The van der Waals surface area contributed by atoms with Crippen LogP contribution in [0.3, 0.4) is 0 Å². The summed E-state index contributed by atoms with van der Waals surface area (Å²) in [6.45, 7) is 0.581. The molecule has 1 atom stereocenters. The number of benzene rings is 2. The Morgan fingerprint density at radius 2 is 1.83 bits per heavy atom. The molecule has 1 unspecified atom stereocenters. The van der Waals surface area contributed by atoms with Crippen LogP contribution in [0, 0.1) is 0 Å². The molecular weight excluding hydrogens is 294 g/mol. The van der Waals surface area contributed by atoms with E-state index in [1.165, 1.54) is 4.68 Å². The number of rotatable bonds is 6. The molecule has 3 rings (SSSR count). The first-order chi connectivity index (χ1) is 11.2. The van der Waals surface area contributed by atoms with Gasteiger partial charge in [0.1, 0.15) is 5.52 Å². The van der Waals surface area contributed by atoms with Gasteiger partial charge in [-0.1, -0.05) is 47.7 Å². The van der Waals surface area contributed by atoms with Crippen LogP contribution in [0.5, 0.6) is 0 Å². The van der Waals surface area contributed by atoms with Gasteiger partial charge in [-0.3, -0.25) is 4.79 Å². The maximum Gasteiger partial charge on any atom is 0.277 e. The lowest BCUT2D eigenvalue weighted by atomic mass is 10.2. The number of fused-ring (bicyclic) bond motifs is 1. The lowest BCUT2D eigenvalue weighted by Crippen LogP contribution is -2.31. The van der Waals surface area contributed by atoms with Gasteiger partial charge in [-0.15, -0.1) is 5.10 Å². The summed E-state index contributed by atoms with van der Waals surface area (Å²) in [6, 6.07) is 16.7. The van der Waals surface area contributed by atoms with Crippen molar-refractivity contribution in [2.75, 3.05) is 6.61 Å². The van der Waals surface area contributed by atoms with Gasteiger partial charge < -0.3 is 9.84 Å². The maximum atomic E-state index is 12.3. The van der Waals surface area contributed by atoms with Crippen molar-refractivity contribution < 1.29 is 9.84 Å². The predicted octanol–water partition coefficient (Wildman–Crippen LogP) is 1.37. The second-order valence-corrected chi connectivity index (χ2v) is 5.25. The molecule has 0 aliphatic rings. The third kappa shape index (κ3) is 3.80. The predicted molar refractivity (Wildman–Crippen MR) is 85.9 cm³/mol. The molecule has 0 aliphatic heterocycles. The first-order valence-corrected chi connectivity index (χ1v) is 7.36. The van der Waals surface area contributed by atoms with E-state index in [9.17, 15) is 9.90 Å². The Hall–Kier alpha value is -2.57. The van der Waals surface area contributed by atoms with Crippen LogP contribution in [-0.2, 0) is 17.9 Å². The summed E-state index contributed by atoms with van der Waals surface area (Å²) in [4.78, 5) is 12.3. The molecule has 6 nitrogen and oxygen atoms in total. The Bertz CT molecular complexity index is 833. The molecule has 0 radical (unpaired) electrons. The molecule has 6 heteroatoms. The lowest BCUT2D eigenvalue weighted by molar-refractivity contribution is 0.0177. The highest BCUT2D eigenvalue weighted by atomic mass is 16.5. The zero-order valence-electron chi connectivity index (χ0n) is 12.5. The van der Waals surface area contributed by atoms with Gasteiger partial charge in [0.05, 0.1) is 31.2 Å². The van der Waals surface area contributed by atoms with Crippen molar-refractivity contribution >= 4 is 10.9 Å². The summed E-state index contributed by atoms with van der Waals surface area (Å²) in [5.41, 5.74) is 1.31. The van der Waals surface area contributed by atoms with Gasteiger partial charge in [-0.2, -0.15) is 0 Å². The first kappa shape index (κ1) is 15.3. The van der Waals surface area contributed by atoms with Crippen LogP contribution in [0.2, 0.25) is 0 Å². The molecule has 1 heterocycles. The average molecular weight is 311 g/mol. The van der Waals surface area contributed by atoms with Gasteiger partial charge in [0.25, 0.3) is 5.56 Å². The first-order valence-electron chi connectivity index (χ1n) is 7.36. The number of aliphatic hydroxyl groups is 1. The van der Waals surface area contributed by atoms with Crippen molar-refractivity contribution in [2.24, 2.45) is 0 Å². The highest BCUT2D eigenvalue weighted by molar-refractivity contribution is 5.76. The molecule has 0 aliphatic carbocycles. The molecule has 2 aromatic carbocycles. The monoisotopic (exact) mass is 311 g/mol. The van der Waals surface area contributed by atoms with E-state index >= 15 is 0 Å². The van der Waals surface area contributed by atoms with Gasteiger partial charge in [0.15, 0.2) is 0 Å². The van der Waals surface area contributed by atoms with E-state index in [-0.39, 0.29) is 18.7 Å². The van der Waals surface area contributed by atoms with E-state index in [4.69, 9.17) is 4.74 Å². The molecule has 3 aromatic rings. The minimum Gasteiger partial charge on any atom is -0.389 e. The van der Waals surface area contributed by atoms with Crippen molar-refractivity contribution in [3.8, 4) is 0 Å². The fraction of sp³-hybridized carbons (Fsp3) is 0.235. The highest BCUT2D eigenvalue weighted by Gasteiger charge is 2.10. The second kappa shape index (κ2) is 7.13. The van der Waals surface area contributed by atoms with Crippen molar-refractivity contribution in [2.45, 2.75) is 19.3 Å². The fourth-order valence-corrected chi connectivity index (χ4v) is 2.28. The smallest absolute Gasteiger partial charge is 0.277 e. The maximum absolute atomic E-state index is 12.3. The number of hydrogen-bond acceptors (Lipinski definition) is 5. The van der Waals surface area contributed by atoms with Gasteiger partial charge in [-0.25, -0.2) is 4.68 Å². The summed E-state index contributed by atoms with van der Waals surface area (Å²) >= 11 is 0. The molecule has 0 saturated heterocycles. The molecule has 23 heavy (non-hydrogen) atoms. The van der Waals surface area contributed by atoms with Crippen molar-refractivity contribution in [1.29, 1.82) is 0 Å². The van der Waals surface area contributed by atoms with E-state index in [1.807, 2.05) is 30.3 Å². The standard InChI is InChI=1S/C17H17N3O3/c21-14(12-23-11-13-6-2-1-3-7-13)10-20-17(22)15-8-4-5-9-16(15)18-19-20/h1-9,14,21H,10-12H2. The van der Waals surface area contributed by atoms with E-state index < -0.39 is 6.10 Å². The van der Waals surface area contributed by atoms with E-state index in [0.717, 1.165) is 5.56 Å². The largest absolute Gasteiger partial charge is 0.389 e. The summed E-state index contributed by atoms with van der Waals surface area (Å²) < 4.78 is 6.63.